The number of hydrogen-bond acceptors (Lipinski definition) is 5. The summed E-state index contributed by atoms with van der Waals surface area (Å²) in [5.74, 6) is 4.04. The normalized spacial score (nSPS) is 12.1. The number of aldehydes is 1. The van der Waals surface area contributed by atoms with E-state index in [1.807, 2.05) is 20.8 Å². The molecule has 0 aliphatic carbocycles. The molecule has 1 unspecified atom stereocenters. The molecule has 0 saturated carbocycles. The summed E-state index contributed by atoms with van der Waals surface area (Å²) >= 11 is 6.94. The number of aromatic nitrogens is 2. The fourth-order valence-corrected chi connectivity index (χ4v) is 3.75. The Balaban J connectivity index is 0.00000218. The fourth-order valence-electron chi connectivity index (χ4n) is 2.38. The molecule has 2 N–H and O–H groups in total. The average molecular weight is 470 g/mol. The number of nitrogens with zero attached hydrogens (tertiary/aromatic N) is 2. The van der Waals surface area contributed by atoms with Gasteiger partial charge in [0.1, 0.15) is 12.1 Å². The maximum absolute atomic E-state index is 14.4. The minimum absolute atomic E-state index is 0.0813. The largest absolute Gasteiger partial charge is 0.433 e. The molecular weight excluding hydrogens is 450 g/mol. The number of thioether (sulfide) groups is 1. The highest BCUT2D eigenvalue weighted by molar-refractivity contribution is 8.00. The van der Waals surface area contributed by atoms with Crippen molar-refractivity contribution in [3.8, 4) is 5.69 Å². The smallest absolute Gasteiger partial charge is 0.335 e. The first-order chi connectivity index (χ1) is 14.0. The summed E-state index contributed by atoms with van der Waals surface area (Å²) in [6, 6.07) is 1.91. The number of halogens is 5. The van der Waals surface area contributed by atoms with Crippen molar-refractivity contribution in [1.29, 1.82) is 0 Å². The van der Waals surface area contributed by atoms with Crippen LogP contribution in [-0.2, 0) is 11.0 Å². The van der Waals surface area contributed by atoms with E-state index in [0.717, 1.165) is 23.9 Å². The van der Waals surface area contributed by atoms with Crippen molar-refractivity contribution >= 4 is 29.6 Å². The predicted molar refractivity (Wildman–Crippen MR) is 108 cm³/mol. The lowest BCUT2D eigenvalue weighted by Gasteiger charge is -2.16. The molecule has 1 heterocycles. The van der Waals surface area contributed by atoms with Gasteiger partial charge in [-0.05, 0) is 18.6 Å². The molecule has 0 fully saturated rings. The molecule has 0 aliphatic heterocycles. The van der Waals surface area contributed by atoms with Crippen LogP contribution in [0.25, 0.3) is 5.69 Å². The Bertz CT molecular complexity index is 1020. The average Bonchev–Trinajstić information content (AvgIpc) is 2.68. The van der Waals surface area contributed by atoms with Crippen LogP contribution in [0.3, 0.4) is 0 Å². The second kappa shape index (κ2) is 10.7. The number of carbonyl (C=O) groups is 1. The fraction of sp³-hybridized carbons (Fsp3) is 0.389. The van der Waals surface area contributed by atoms with Crippen LogP contribution in [0.1, 0.15) is 39.3 Å². The van der Waals surface area contributed by atoms with Gasteiger partial charge in [0, 0.05) is 11.0 Å². The van der Waals surface area contributed by atoms with Gasteiger partial charge < -0.3 is 10.6 Å². The van der Waals surface area contributed by atoms with Crippen LogP contribution < -0.4 is 17.1 Å². The van der Waals surface area contributed by atoms with E-state index in [9.17, 15) is 31.9 Å². The van der Waals surface area contributed by atoms with E-state index in [0.29, 0.717) is 19.1 Å². The van der Waals surface area contributed by atoms with Crippen LogP contribution in [0.2, 0.25) is 5.02 Å². The molecule has 0 aliphatic rings. The molecule has 1 aromatic carbocycles. The van der Waals surface area contributed by atoms with Gasteiger partial charge in [0.15, 0.2) is 5.69 Å². The van der Waals surface area contributed by atoms with Crippen molar-refractivity contribution in [2.45, 2.75) is 49.9 Å². The van der Waals surface area contributed by atoms with Gasteiger partial charge in [-0.1, -0.05) is 38.8 Å². The van der Waals surface area contributed by atoms with Crippen LogP contribution in [-0.4, -0.2) is 20.8 Å². The second-order valence-electron chi connectivity index (χ2n) is 5.67. The monoisotopic (exact) mass is 469 g/mol. The number of benzene rings is 1. The molecule has 0 saturated heterocycles. The zero-order valence-corrected chi connectivity index (χ0v) is 17.9. The molecule has 1 atom stereocenters. The molecule has 0 amide bonds. The third kappa shape index (κ3) is 5.66. The minimum Gasteiger partial charge on any atom is -0.335 e. The molecule has 30 heavy (non-hydrogen) atoms. The maximum Gasteiger partial charge on any atom is 0.433 e. The second-order valence-corrected chi connectivity index (χ2v) is 7.36. The Morgan fingerprint density at radius 3 is 2.33 bits per heavy atom. The van der Waals surface area contributed by atoms with Gasteiger partial charge in [0.2, 0.25) is 0 Å². The summed E-state index contributed by atoms with van der Waals surface area (Å²) in [5.41, 5.74) is -5.31. The van der Waals surface area contributed by atoms with Gasteiger partial charge in [-0.2, -0.15) is 13.2 Å². The van der Waals surface area contributed by atoms with E-state index in [-0.39, 0.29) is 25.2 Å². The Labute approximate surface area is 178 Å². The molecule has 1 aromatic heterocycles. The lowest BCUT2D eigenvalue weighted by Crippen LogP contribution is -2.45. The number of rotatable bonds is 6. The lowest BCUT2D eigenvalue weighted by atomic mass is 10.3. The third-order valence-corrected chi connectivity index (χ3v) is 5.34. The Hall–Kier alpha value is -2.27. The Morgan fingerprint density at radius 1 is 1.23 bits per heavy atom. The molecule has 6 nitrogen and oxygen atoms in total. The molecule has 2 rings (SSSR count). The topological polar surface area (TPSA) is 87.1 Å². The summed E-state index contributed by atoms with van der Waals surface area (Å²) in [4.78, 5) is 35.7. The van der Waals surface area contributed by atoms with Crippen LogP contribution in [0, 0.1) is 5.82 Å². The van der Waals surface area contributed by atoms with Gasteiger partial charge in [0.05, 0.1) is 16.0 Å². The quantitative estimate of drug-likeness (QED) is 0.299. The highest BCUT2D eigenvalue weighted by Gasteiger charge is 2.36. The van der Waals surface area contributed by atoms with Crippen molar-refractivity contribution in [2.75, 3.05) is 5.84 Å². The first-order valence-electron chi connectivity index (χ1n) is 8.84. The van der Waals surface area contributed by atoms with E-state index in [1.165, 1.54) is 0 Å². The maximum atomic E-state index is 14.4. The molecule has 0 bridgehead atoms. The molecule has 0 radical (unpaired) electrons. The molecule has 2 aromatic rings. The summed E-state index contributed by atoms with van der Waals surface area (Å²) in [5, 5.41) is -0.599. The zero-order valence-electron chi connectivity index (χ0n) is 16.3. The van der Waals surface area contributed by atoms with Crippen LogP contribution >= 0.6 is 23.4 Å². The molecule has 0 spiro atoms. The van der Waals surface area contributed by atoms with Crippen LogP contribution in [0.5, 0.6) is 0 Å². The van der Waals surface area contributed by atoms with E-state index in [2.05, 4.69) is 0 Å². The van der Waals surface area contributed by atoms with E-state index in [1.54, 1.807) is 0 Å². The lowest BCUT2D eigenvalue weighted by molar-refractivity contribution is -0.143. The number of nitrogens with two attached hydrogens (primary N) is 1. The van der Waals surface area contributed by atoms with Gasteiger partial charge in [-0.15, -0.1) is 11.8 Å². The Kier molecular flexibility index (Phi) is 9.16. The van der Waals surface area contributed by atoms with Crippen molar-refractivity contribution < 1.29 is 22.4 Å². The summed E-state index contributed by atoms with van der Waals surface area (Å²) in [7, 11) is 0. The Morgan fingerprint density at radius 2 is 1.83 bits per heavy atom. The number of nitrogen functional groups attached to an aromatic ring is 1. The minimum atomic E-state index is -5.05. The summed E-state index contributed by atoms with van der Waals surface area (Å²) < 4.78 is 52.9. The number of carbonyl (C=O) groups excluding carboxylic acids is 1. The van der Waals surface area contributed by atoms with Gasteiger partial charge >= 0.3 is 11.9 Å². The number of alkyl halides is 3. The molecule has 12 heteroatoms. The van der Waals surface area contributed by atoms with Gasteiger partial charge in [0.25, 0.3) is 5.56 Å². The van der Waals surface area contributed by atoms with Crippen LogP contribution in [0.4, 0.5) is 17.6 Å². The highest BCUT2D eigenvalue weighted by Crippen LogP contribution is 2.34. The van der Waals surface area contributed by atoms with Crippen molar-refractivity contribution in [1.82, 2.24) is 9.24 Å². The highest BCUT2D eigenvalue weighted by atomic mass is 35.5. The standard InChI is InChI=1S/C16H14ClF4N3O3S.C2H6/c1-2-3-8(7-25)28-12-5-11(10(18)4-9(12)17)23-14(26)6-13(16(19,20)21)24(22)15(23)27;1-2/h4-8H,2-3,22H2,1H3;1-2H3. The molecular formula is C18H20ClF4N3O3S. The first kappa shape index (κ1) is 25.8. The first-order valence-corrected chi connectivity index (χ1v) is 10.1. The summed E-state index contributed by atoms with van der Waals surface area (Å²) in [6.07, 6.45) is -3.21. The van der Waals surface area contributed by atoms with Crippen molar-refractivity contribution in [2.24, 2.45) is 0 Å². The van der Waals surface area contributed by atoms with E-state index in [4.69, 9.17) is 17.4 Å². The predicted octanol–water partition coefficient (Wildman–Crippen LogP) is 4.01. The van der Waals surface area contributed by atoms with Gasteiger partial charge in [-0.3, -0.25) is 4.79 Å². The van der Waals surface area contributed by atoms with E-state index < -0.39 is 39.9 Å². The van der Waals surface area contributed by atoms with Gasteiger partial charge in [-0.25, -0.2) is 18.4 Å². The summed E-state index contributed by atoms with van der Waals surface area (Å²) in [6.45, 7) is 5.85. The van der Waals surface area contributed by atoms with Crippen molar-refractivity contribution in [3.63, 3.8) is 0 Å². The van der Waals surface area contributed by atoms with E-state index >= 15 is 0 Å². The molecule has 166 valence electrons. The van der Waals surface area contributed by atoms with Crippen LogP contribution in [0.15, 0.2) is 32.7 Å². The SMILES string of the molecule is CC.CCCC(C=O)Sc1cc(-n2c(=O)cc(C(F)(F)F)n(N)c2=O)c(F)cc1Cl. The number of hydrogen-bond donors (Lipinski definition) is 1. The third-order valence-electron chi connectivity index (χ3n) is 3.67. The van der Waals surface area contributed by atoms with Crippen molar-refractivity contribution in [3.05, 3.63) is 55.6 Å². The zero-order chi connectivity index (χ0) is 23.2.